The average molecular weight is 482 g/mol. The average Bonchev–Trinajstić information content (AvgIpc) is 3.30. The van der Waals surface area contributed by atoms with Crippen LogP contribution in [0, 0.1) is 11.3 Å². The second-order valence-electron chi connectivity index (χ2n) is 7.85. The highest BCUT2D eigenvalue weighted by molar-refractivity contribution is 7.88. The lowest BCUT2D eigenvalue weighted by atomic mass is 10.0. The number of benzene rings is 2. The fourth-order valence-electron chi connectivity index (χ4n) is 3.78. The topological polar surface area (TPSA) is 115 Å². The summed E-state index contributed by atoms with van der Waals surface area (Å²) in [6, 6.07) is 16.7. The molecule has 8 nitrogen and oxygen atoms in total. The number of amides is 1. The highest BCUT2D eigenvalue weighted by Crippen LogP contribution is 2.30. The van der Waals surface area contributed by atoms with E-state index >= 15 is 0 Å². The van der Waals surface area contributed by atoms with Crippen molar-refractivity contribution in [3.05, 3.63) is 65.2 Å². The van der Waals surface area contributed by atoms with Crippen LogP contribution in [0.2, 0.25) is 0 Å². The van der Waals surface area contributed by atoms with Crippen molar-refractivity contribution in [3.8, 4) is 16.6 Å². The summed E-state index contributed by atoms with van der Waals surface area (Å²) in [5.41, 5.74) is 3.33. The molecule has 1 aliphatic heterocycles. The molecule has 170 valence electrons. The summed E-state index contributed by atoms with van der Waals surface area (Å²) in [5, 5.41) is 14.3. The molecule has 1 amide bonds. The third kappa shape index (κ3) is 5.76. The van der Waals surface area contributed by atoms with Gasteiger partial charge in [-0.25, -0.2) is 18.1 Å². The van der Waals surface area contributed by atoms with Gasteiger partial charge < -0.3 is 10.2 Å². The molecule has 0 aliphatic carbocycles. The Morgan fingerprint density at radius 3 is 2.52 bits per heavy atom. The molecule has 2 aromatic carbocycles. The Labute approximate surface area is 196 Å². The maximum Gasteiger partial charge on any atom is 0.275 e. The highest BCUT2D eigenvalue weighted by Gasteiger charge is 2.23. The summed E-state index contributed by atoms with van der Waals surface area (Å²) in [5.74, 6) is -0.299. The van der Waals surface area contributed by atoms with Gasteiger partial charge in [-0.2, -0.15) is 5.26 Å². The minimum atomic E-state index is -3.23. The molecule has 0 unspecified atom stereocenters. The molecule has 0 saturated carbocycles. The van der Waals surface area contributed by atoms with Crippen molar-refractivity contribution < 1.29 is 13.2 Å². The zero-order valence-electron chi connectivity index (χ0n) is 18.0. The van der Waals surface area contributed by atoms with E-state index in [1.54, 1.807) is 17.5 Å². The maximum atomic E-state index is 12.9. The minimum Gasteiger partial charge on any atom is -0.370 e. The molecule has 1 aromatic heterocycles. The molecule has 0 bridgehead atoms. The number of thiazole rings is 1. The van der Waals surface area contributed by atoms with Crippen molar-refractivity contribution in [3.63, 3.8) is 0 Å². The maximum absolute atomic E-state index is 12.9. The molecule has 3 aromatic rings. The van der Waals surface area contributed by atoms with Crippen LogP contribution in [-0.4, -0.2) is 44.7 Å². The van der Waals surface area contributed by atoms with Crippen molar-refractivity contribution >= 4 is 38.6 Å². The number of rotatable bonds is 6. The molecule has 0 atom stereocenters. The summed E-state index contributed by atoms with van der Waals surface area (Å²) >= 11 is 1.37. The smallest absolute Gasteiger partial charge is 0.275 e. The number of piperidine rings is 1. The lowest BCUT2D eigenvalue weighted by molar-refractivity contribution is 0.102. The quantitative estimate of drug-likeness (QED) is 0.557. The SMILES string of the molecule is CS(=O)(=O)NC1CCN(c2ccccc2NC(=O)c2csc(-c3ccc(C#N)cc3)n2)CC1. The van der Waals surface area contributed by atoms with Crippen LogP contribution >= 0.6 is 11.3 Å². The van der Waals surface area contributed by atoms with Crippen molar-refractivity contribution in [1.82, 2.24) is 9.71 Å². The van der Waals surface area contributed by atoms with Crippen LogP contribution in [-0.2, 0) is 10.0 Å². The molecule has 1 fully saturated rings. The van der Waals surface area contributed by atoms with Crippen LogP contribution in [0.4, 0.5) is 11.4 Å². The number of carbonyl (C=O) groups excluding carboxylic acids is 1. The standard InChI is InChI=1S/C23H23N5O3S2/c1-33(30,31)27-18-10-12-28(13-11-18)21-5-3-2-4-19(21)25-22(29)20-15-32-23(26-20)17-8-6-16(14-24)7-9-17/h2-9,15,18,27H,10-13H2,1H3,(H,25,29). The lowest BCUT2D eigenvalue weighted by Crippen LogP contribution is -2.44. The first-order chi connectivity index (χ1) is 15.8. The Kier molecular flexibility index (Phi) is 6.74. The van der Waals surface area contributed by atoms with E-state index in [2.05, 4.69) is 26.0 Å². The summed E-state index contributed by atoms with van der Waals surface area (Å²) in [7, 11) is -3.23. The molecule has 4 rings (SSSR count). The second kappa shape index (κ2) is 9.70. The number of sulfonamides is 1. The predicted octanol–water partition coefficient (Wildman–Crippen LogP) is 3.45. The van der Waals surface area contributed by atoms with E-state index in [0.717, 1.165) is 11.3 Å². The molecule has 1 saturated heterocycles. The van der Waals surface area contributed by atoms with Gasteiger partial charge in [0.1, 0.15) is 10.7 Å². The molecule has 0 radical (unpaired) electrons. The van der Waals surface area contributed by atoms with Crippen molar-refractivity contribution in [1.29, 1.82) is 5.26 Å². The number of hydrogen-bond acceptors (Lipinski definition) is 7. The monoisotopic (exact) mass is 481 g/mol. The Bertz CT molecular complexity index is 1290. The van der Waals surface area contributed by atoms with Gasteiger partial charge in [-0.3, -0.25) is 4.79 Å². The third-order valence-corrected chi connectivity index (χ3v) is 7.02. The summed E-state index contributed by atoms with van der Waals surface area (Å²) in [6.45, 7) is 1.36. The van der Waals surface area contributed by atoms with Crippen LogP contribution in [0.25, 0.3) is 10.6 Å². The van der Waals surface area contributed by atoms with E-state index in [1.807, 2.05) is 36.4 Å². The molecular weight excluding hydrogens is 458 g/mol. The second-order valence-corrected chi connectivity index (χ2v) is 10.5. The number of aromatic nitrogens is 1. The van der Waals surface area contributed by atoms with Crippen molar-refractivity contribution in [2.45, 2.75) is 18.9 Å². The van der Waals surface area contributed by atoms with Crippen molar-refractivity contribution in [2.24, 2.45) is 0 Å². The van der Waals surface area contributed by atoms with Crippen LogP contribution in [0.15, 0.2) is 53.9 Å². The van der Waals surface area contributed by atoms with Gasteiger partial charge in [-0.15, -0.1) is 11.3 Å². The van der Waals surface area contributed by atoms with E-state index < -0.39 is 10.0 Å². The van der Waals surface area contributed by atoms with Gasteiger partial charge in [-0.05, 0) is 37.1 Å². The normalized spacial score (nSPS) is 14.6. The van der Waals surface area contributed by atoms with Gasteiger partial charge >= 0.3 is 0 Å². The first kappa shape index (κ1) is 22.9. The largest absolute Gasteiger partial charge is 0.370 e. The number of nitriles is 1. The van der Waals surface area contributed by atoms with E-state index in [9.17, 15) is 13.2 Å². The van der Waals surface area contributed by atoms with Crippen LogP contribution < -0.4 is 14.9 Å². The summed E-state index contributed by atoms with van der Waals surface area (Å²) < 4.78 is 25.7. The van der Waals surface area contributed by atoms with Crippen molar-refractivity contribution in [2.75, 3.05) is 29.6 Å². The predicted molar refractivity (Wildman–Crippen MR) is 130 cm³/mol. The molecule has 2 heterocycles. The fraction of sp³-hybridized carbons (Fsp3) is 0.261. The molecular formula is C23H23N5O3S2. The molecule has 2 N–H and O–H groups in total. The van der Waals surface area contributed by atoms with Gasteiger partial charge in [0.05, 0.1) is 29.3 Å². The Morgan fingerprint density at radius 1 is 1.15 bits per heavy atom. The minimum absolute atomic E-state index is 0.0753. The summed E-state index contributed by atoms with van der Waals surface area (Å²) in [4.78, 5) is 19.5. The first-order valence-corrected chi connectivity index (χ1v) is 13.2. The van der Waals surface area contributed by atoms with Gasteiger partial charge in [0.2, 0.25) is 10.0 Å². The highest BCUT2D eigenvalue weighted by atomic mass is 32.2. The van der Waals surface area contributed by atoms with E-state index in [0.29, 0.717) is 47.9 Å². The number of carbonyl (C=O) groups is 1. The van der Waals surface area contributed by atoms with E-state index in [4.69, 9.17) is 5.26 Å². The first-order valence-electron chi connectivity index (χ1n) is 10.4. The van der Waals surface area contributed by atoms with Gasteiger partial charge in [0.25, 0.3) is 5.91 Å². The molecule has 10 heteroatoms. The Hall–Kier alpha value is -3.26. The van der Waals surface area contributed by atoms with Gasteiger partial charge in [0, 0.05) is 30.1 Å². The number of nitrogens with zero attached hydrogens (tertiary/aromatic N) is 3. The molecule has 0 spiro atoms. The number of para-hydroxylation sites is 2. The number of nitrogens with one attached hydrogen (secondary N) is 2. The Morgan fingerprint density at radius 2 is 1.85 bits per heavy atom. The molecule has 33 heavy (non-hydrogen) atoms. The number of anilines is 2. The molecule has 1 aliphatic rings. The van der Waals surface area contributed by atoms with Crippen LogP contribution in [0.3, 0.4) is 0 Å². The van der Waals surface area contributed by atoms with Crippen LogP contribution in [0.1, 0.15) is 28.9 Å². The Balaban J connectivity index is 1.44. The van der Waals surface area contributed by atoms with Gasteiger partial charge in [-0.1, -0.05) is 24.3 Å². The van der Waals surface area contributed by atoms with E-state index in [1.165, 1.54) is 17.6 Å². The number of hydrogen-bond donors (Lipinski definition) is 2. The zero-order chi connectivity index (χ0) is 23.4. The summed E-state index contributed by atoms with van der Waals surface area (Å²) in [6.07, 6.45) is 2.56. The van der Waals surface area contributed by atoms with Crippen LogP contribution in [0.5, 0.6) is 0 Å². The van der Waals surface area contributed by atoms with Gasteiger partial charge in [0.15, 0.2) is 0 Å². The zero-order valence-corrected chi connectivity index (χ0v) is 19.6. The fourth-order valence-corrected chi connectivity index (χ4v) is 5.43. The third-order valence-electron chi connectivity index (χ3n) is 5.37. The van der Waals surface area contributed by atoms with E-state index in [-0.39, 0.29) is 11.9 Å². The lowest BCUT2D eigenvalue weighted by Gasteiger charge is -2.34.